The molecule has 0 heterocycles. The highest BCUT2D eigenvalue weighted by Gasteiger charge is 2.10. The highest BCUT2D eigenvalue weighted by molar-refractivity contribution is 5.66. The van der Waals surface area contributed by atoms with E-state index in [-0.39, 0.29) is 11.9 Å². The molecule has 1 unspecified atom stereocenters. The Hall–Kier alpha value is -1.15. The third-order valence-electron chi connectivity index (χ3n) is 2.61. The Balaban J connectivity index is 2.26. The van der Waals surface area contributed by atoms with Crippen LogP contribution in [-0.4, -0.2) is 6.04 Å². The minimum absolute atomic E-state index is 0.170. The van der Waals surface area contributed by atoms with Crippen LogP contribution in [0.1, 0.15) is 24.8 Å². The van der Waals surface area contributed by atoms with Gasteiger partial charge in [0.25, 0.3) is 0 Å². The van der Waals surface area contributed by atoms with Gasteiger partial charge in [-0.1, -0.05) is 18.2 Å². The van der Waals surface area contributed by atoms with E-state index in [1.807, 2.05) is 12.1 Å². The number of halogens is 1. The summed E-state index contributed by atoms with van der Waals surface area (Å²) in [6, 6.07) is 6.80. The van der Waals surface area contributed by atoms with Crippen LogP contribution >= 0.6 is 0 Å². The van der Waals surface area contributed by atoms with E-state index in [2.05, 4.69) is 6.08 Å². The van der Waals surface area contributed by atoms with Crippen molar-refractivity contribution in [1.29, 1.82) is 0 Å². The lowest BCUT2D eigenvalue weighted by molar-refractivity contribution is 0.627. The van der Waals surface area contributed by atoms with Gasteiger partial charge in [-0.3, -0.25) is 0 Å². The maximum atomic E-state index is 12.7. The fraction of sp³-hybridized carbons (Fsp3) is 0.333. The molecular formula is C12H14FN. The standard InChI is InChI=1S/C12H14FN/c13-11-6-4-9(5-7-11)10-2-1-3-12(14)8-10/h4-8,12H,1-3,14H2. The van der Waals surface area contributed by atoms with Crippen LogP contribution < -0.4 is 5.73 Å². The largest absolute Gasteiger partial charge is 0.324 e. The van der Waals surface area contributed by atoms with Gasteiger partial charge in [-0.05, 0) is 42.5 Å². The zero-order valence-electron chi connectivity index (χ0n) is 8.04. The fourth-order valence-corrected chi connectivity index (χ4v) is 1.86. The smallest absolute Gasteiger partial charge is 0.123 e. The van der Waals surface area contributed by atoms with Crippen LogP contribution in [0, 0.1) is 5.82 Å². The molecule has 0 amide bonds. The van der Waals surface area contributed by atoms with E-state index >= 15 is 0 Å². The number of rotatable bonds is 1. The molecule has 1 atom stereocenters. The average Bonchev–Trinajstić information content (AvgIpc) is 2.19. The van der Waals surface area contributed by atoms with Crippen LogP contribution in [0.3, 0.4) is 0 Å². The summed E-state index contributed by atoms with van der Waals surface area (Å²) in [7, 11) is 0. The molecule has 1 aromatic rings. The highest BCUT2D eigenvalue weighted by atomic mass is 19.1. The van der Waals surface area contributed by atoms with Gasteiger partial charge in [0.1, 0.15) is 5.82 Å². The second kappa shape index (κ2) is 3.93. The summed E-state index contributed by atoms with van der Waals surface area (Å²) in [5.74, 6) is -0.186. The van der Waals surface area contributed by atoms with Gasteiger partial charge >= 0.3 is 0 Å². The van der Waals surface area contributed by atoms with Crippen molar-refractivity contribution in [2.75, 3.05) is 0 Å². The first kappa shape index (κ1) is 9.41. The van der Waals surface area contributed by atoms with Gasteiger partial charge < -0.3 is 5.73 Å². The molecule has 2 rings (SSSR count). The lowest BCUT2D eigenvalue weighted by Gasteiger charge is -2.17. The Kier molecular flexibility index (Phi) is 2.64. The number of hydrogen-bond donors (Lipinski definition) is 1. The Labute approximate surface area is 83.4 Å². The van der Waals surface area contributed by atoms with Crippen molar-refractivity contribution in [3.8, 4) is 0 Å². The van der Waals surface area contributed by atoms with E-state index in [4.69, 9.17) is 5.73 Å². The lowest BCUT2D eigenvalue weighted by atomic mass is 9.91. The molecule has 0 saturated heterocycles. The summed E-state index contributed by atoms with van der Waals surface area (Å²) in [5, 5.41) is 0. The molecule has 0 aliphatic heterocycles. The molecule has 0 spiro atoms. The van der Waals surface area contributed by atoms with Crippen LogP contribution in [0.25, 0.3) is 5.57 Å². The Bertz CT molecular complexity index is 340. The third-order valence-corrected chi connectivity index (χ3v) is 2.61. The van der Waals surface area contributed by atoms with Crippen LogP contribution in [-0.2, 0) is 0 Å². The quantitative estimate of drug-likeness (QED) is 0.725. The second-order valence-corrected chi connectivity index (χ2v) is 3.75. The van der Waals surface area contributed by atoms with Gasteiger partial charge in [-0.25, -0.2) is 4.39 Å². The minimum atomic E-state index is -0.186. The van der Waals surface area contributed by atoms with Gasteiger partial charge in [0.2, 0.25) is 0 Å². The normalized spacial score (nSPS) is 21.9. The van der Waals surface area contributed by atoms with Gasteiger partial charge in [0.05, 0.1) is 0 Å². The SMILES string of the molecule is NC1C=C(c2ccc(F)cc2)CCC1. The van der Waals surface area contributed by atoms with Crippen molar-refractivity contribution in [2.24, 2.45) is 5.73 Å². The zero-order chi connectivity index (χ0) is 9.97. The molecule has 0 bridgehead atoms. The molecule has 74 valence electrons. The van der Waals surface area contributed by atoms with E-state index < -0.39 is 0 Å². The van der Waals surface area contributed by atoms with E-state index in [0.717, 1.165) is 24.8 Å². The van der Waals surface area contributed by atoms with Gasteiger partial charge in [0.15, 0.2) is 0 Å². The topological polar surface area (TPSA) is 26.0 Å². The van der Waals surface area contributed by atoms with Crippen LogP contribution in [0.4, 0.5) is 4.39 Å². The first-order valence-electron chi connectivity index (χ1n) is 4.98. The summed E-state index contributed by atoms with van der Waals surface area (Å²) < 4.78 is 12.7. The molecular weight excluding hydrogens is 177 g/mol. The first-order chi connectivity index (χ1) is 6.75. The Morgan fingerprint density at radius 3 is 2.57 bits per heavy atom. The van der Waals surface area contributed by atoms with Gasteiger partial charge in [-0.15, -0.1) is 0 Å². The maximum absolute atomic E-state index is 12.7. The van der Waals surface area contributed by atoms with Crippen molar-refractivity contribution < 1.29 is 4.39 Å². The number of nitrogens with two attached hydrogens (primary N) is 1. The molecule has 2 N–H and O–H groups in total. The van der Waals surface area contributed by atoms with Crippen molar-refractivity contribution in [2.45, 2.75) is 25.3 Å². The number of hydrogen-bond acceptors (Lipinski definition) is 1. The van der Waals surface area contributed by atoms with Crippen LogP contribution in [0.5, 0.6) is 0 Å². The van der Waals surface area contributed by atoms with Crippen LogP contribution in [0.2, 0.25) is 0 Å². The van der Waals surface area contributed by atoms with E-state index in [9.17, 15) is 4.39 Å². The fourth-order valence-electron chi connectivity index (χ4n) is 1.86. The molecule has 14 heavy (non-hydrogen) atoms. The lowest BCUT2D eigenvalue weighted by Crippen LogP contribution is -2.19. The number of benzene rings is 1. The predicted octanol–water partition coefficient (Wildman–Crippen LogP) is 2.72. The molecule has 1 nitrogen and oxygen atoms in total. The first-order valence-corrected chi connectivity index (χ1v) is 4.98. The van der Waals surface area contributed by atoms with E-state index in [0.29, 0.717) is 0 Å². The highest BCUT2D eigenvalue weighted by Crippen LogP contribution is 2.26. The van der Waals surface area contributed by atoms with E-state index in [1.54, 1.807) is 0 Å². The molecule has 0 fully saturated rings. The van der Waals surface area contributed by atoms with Crippen LogP contribution in [0.15, 0.2) is 30.3 Å². The molecule has 0 aromatic heterocycles. The second-order valence-electron chi connectivity index (χ2n) is 3.75. The van der Waals surface area contributed by atoms with Gasteiger partial charge in [-0.2, -0.15) is 0 Å². The monoisotopic (exact) mass is 191 g/mol. The van der Waals surface area contributed by atoms with E-state index in [1.165, 1.54) is 17.7 Å². The van der Waals surface area contributed by atoms with Crippen molar-refractivity contribution in [1.82, 2.24) is 0 Å². The molecule has 1 aromatic carbocycles. The van der Waals surface area contributed by atoms with Crippen molar-refractivity contribution >= 4 is 5.57 Å². The van der Waals surface area contributed by atoms with Crippen molar-refractivity contribution in [3.05, 3.63) is 41.7 Å². The minimum Gasteiger partial charge on any atom is -0.324 e. The van der Waals surface area contributed by atoms with Crippen molar-refractivity contribution in [3.63, 3.8) is 0 Å². The maximum Gasteiger partial charge on any atom is 0.123 e. The molecule has 0 radical (unpaired) electrons. The Morgan fingerprint density at radius 1 is 1.21 bits per heavy atom. The Morgan fingerprint density at radius 2 is 1.93 bits per heavy atom. The average molecular weight is 191 g/mol. The third kappa shape index (κ3) is 2.02. The summed E-state index contributed by atoms with van der Waals surface area (Å²) in [4.78, 5) is 0. The summed E-state index contributed by atoms with van der Waals surface area (Å²) in [5.41, 5.74) is 8.19. The number of allylic oxidation sites excluding steroid dienone is 1. The summed E-state index contributed by atoms with van der Waals surface area (Å²) >= 11 is 0. The molecule has 1 aliphatic rings. The summed E-state index contributed by atoms with van der Waals surface area (Å²) in [6.45, 7) is 0. The molecule has 1 aliphatic carbocycles. The summed E-state index contributed by atoms with van der Waals surface area (Å²) in [6.07, 6.45) is 5.34. The predicted molar refractivity (Wildman–Crippen MR) is 56.2 cm³/mol. The molecule has 2 heteroatoms. The molecule has 0 saturated carbocycles. The van der Waals surface area contributed by atoms with Gasteiger partial charge in [0, 0.05) is 6.04 Å². The zero-order valence-corrected chi connectivity index (χ0v) is 8.04.